The summed E-state index contributed by atoms with van der Waals surface area (Å²) in [4.78, 5) is 6.62. The molecule has 0 unspecified atom stereocenters. The molecule has 1 aliphatic heterocycles. The number of fused-ring (bicyclic) bond motifs is 1. The fourth-order valence-corrected chi connectivity index (χ4v) is 3.36. The monoisotopic (exact) mass is 336 g/mol. The number of aryl methyl sites for hydroxylation is 1. The van der Waals surface area contributed by atoms with Gasteiger partial charge >= 0.3 is 0 Å². The lowest BCUT2D eigenvalue weighted by Gasteiger charge is -2.22. The van der Waals surface area contributed by atoms with Crippen LogP contribution in [0.5, 0.6) is 5.75 Å². The molecule has 25 heavy (non-hydrogen) atoms. The summed E-state index contributed by atoms with van der Waals surface area (Å²) in [5.74, 6) is 1.47. The number of ether oxygens (including phenoxy) is 1. The molecule has 1 aromatic heterocycles. The van der Waals surface area contributed by atoms with Gasteiger partial charge in [-0.2, -0.15) is 0 Å². The van der Waals surface area contributed by atoms with Crippen molar-refractivity contribution in [3.8, 4) is 5.75 Å². The summed E-state index contributed by atoms with van der Waals surface area (Å²) >= 11 is 0. The van der Waals surface area contributed by atoms with Gasteiger partial charge in [0.05, 0.1) is 6.61 Å². The Balaban J connectivity index is 1.51. The lowest BCUT2D eigenvalue weighted by Crippen LogP contribution is -2.18. The quantitative estimate of drug-likeness (QED) is 0.720. The highest BCUT2D eigenvalue weighted by atomic mass is 16.5. The van der Waals surface area contributed by atoms with E-state index in [9.17, 15) is 0 Å². The number of pyridine rings is 1. The van der Waals surface area contributed by atoms with Gasteiger partial charge in [0, 0.05) is 31.2 Å². The van der Waals surface area contributed by atoms with E-state index in [0.717, 1.165) is 50.3 Å². The highest BCUT2D eigenvalue weighted by Gasteiger charge is 2.19. The molecule has 0 amide bonds. The number of unbranched alkanes of at least 4 members (excludes halogenated alkanes) is 1. The molecule has 0 bridgehead atoms. The van der Waals surface area contributed by atoms with Crippen LogP contribution in [0.1, 0.15) is 36.6 Å². The Bertz CT molecular complexity index is 711. The molecule has 3 nitrogen and oxygen atoms in total. The molecule has 1 atom stereocenters. The van der Waals surface area contributed by atoms with Crippen molar-refractivity contribution in [2.75, 3.05) is 13.7 Å². The Morgan fingerprint density at radius 3 is 2.88 bits per heavy atom. The predicted molar refractivity (Wildman–Crippen MR) is 103 cm³/mol. The minimum atomic E-state index is 0.490. The van der Waals surface area contributed by atoms with E-state index in [1.165, 1.54) is 16.8 Å². The lowest BCUT2D eigenvalue weighted by atomic mass is 9.97. The molecular weight excluding hydrogens is 308 g/mol. The van der Waals surface area contributed by atoms with E-state index in [-0.39, 0.29) is 0 Å². The second-order valence-corrected chi connectivity index (χ2v) is 7.01. The summed E-state index contributed by atoms with van der Waals surface area (Å²) in [6.45, 7) is 8.14. The van der Waals surface area contributed by atoms with Gasteiger partial charge in [-0.25, -0.2) is 0 Å². The molecule has 1 aromatic carbocycles. The Labute approximate surface area is 151 Å². The van der Waals surface area contributed by atoms with Crippen molar-refractivity contribution in [1.29, 1.82) is 0 Å². The van der Waals surface area contributed by atoms with Crippen LogP contribution in [-0.2, 0) is 19.4 Å². The molecule has 0 N–H and O–H groups in total. The number of aromatic nitrogens is 1. The first kappa shape index (κ1) is 17.5. The van der Waals surface area contributed by atoms with Gasteiger partial charge in [-0.1, -0.05) is 25.6 Å². The first-order valence-electron chi connectivity index (χ1n) is 9.18. The van der Waals surface area contributed by atoms with Crippen molar-refractivity contribution in [1.82, 2.24) is 9.88 Å². The normalized spacial score (nSPS) is 17.1. The van der Waals surface area contributed by atoms with Crippen LogP contribution in [0.15, 0.2) is 54.9 Å². The highest BCUT2D eigenvalue weighted by molar-refractivity contribution is 5.38. The van der Waals surface area contributed by atoms with E-state index in [1.54, 1.807) is 0 Å². The van der Waals surface area contributed by atoms with Crippen molar-refractivity contribution in [2.45, 2.75) is 39.2 Å². The Kier molecular flexibility index (Phi) is 5.75. The molecule has 2 aromatic rings. The molecular formula is C22H28N2O. The second kappa shape index (κ2) is 8.19. The first-order chi connectivity index (χ1) is 12.1. The zero-order chi connectivity index (χ0) is 17.6. The molecule has 0 radical (unpaired) electrons. The number of hydrogen-bond acceptors (Lipinski definition) is 3. The van der Waals surface area contributed by atoms with E-state index in [4.69, 9.17) is 4.74 Å². The van der Waals surface area contributed by atoms with Crippen molar-refractivity contribution in [3.05, 3.63) is 71.7 Å². The Hall–Kier alpha value is -2.29. The van der Waals surface area contributed by atoms with Crippen LogP contribution in [-0.4, -0.2) is 23.5 Å². The van der Waals surface area contributed by atoms with E-state index in [2.05, 4.69) is 54.7 Å². The third kappa shape index (κ3) is 4.62. The van der Waals surface area contributed by atoms with E-state index >= 15 is 0 Å². The average Bonchev–Trinajstić information content (AvgIpc) is 2.73. The maximum atomic E-state index is 5.98. The fraction of sp³-hybridized carbons (Fsp3) is 0.409. The fourth-order valence-electron chi connectivity index (χ4n) is 3.36. The van der Waals surface area contributed by atoms with Crippen LogP contribution in [0, 0.1) is 5.92 Å². The molecule has 132 valence electrons. The topological polar surface area (TPSA) is 25.4 Å². The Morgan fingerprint density at radius 2 is 2.08 bits per heavy atom. The van der Waals surface area contributed by atoms with E-state index in [0.29, 0.717) is 5.92 Å². The number of allylic oxidation sites excluding steroid dienone is 1. The lowest BCUT2D eigenvalue weighted by molar-refractivity contribution is 0.306. The summed E-state index contributed by atoms with van der Waals surface area (Å²) < 4.78 is 5.98. The van der Waals surface area contributed by atoms with Gasteiger partial charge in [0.1, 0.15) is 5.75 Å². The largest absolute Gasteiger partial charge is 0.494 e. The van der Waals surface area contributed by atoms with Gasteiger partial charge in [0.15, 0.2) is 0 Å². The predicted octanol–water partition coefficient (Wildman–Crippen LogP) is 4.62. The minimum absolute atomic E-state index is 0.490. The van der Waals surface area contributed by atoms with Gasteiger partial charge in [-0.05, 0) is 67.0 Å². The molecule has 0 spiro atoms. The van der Waals surface area contributed by atoms with Crippen LogP contribution in [0.4, 0.5) is 0 Å². The number of rotatable bonds is 6. The smallest absolute Gasteiger partial charge is 0.119 e. The molecule has 0 saturated carbocycles. The molecule has 0 saturated heterocycles. The third-order valence-corrected chi connectivity index (χ3v) is 4.99. The van der Waals surface area contributed by atoms with Crippen LogP contribution in [0.3, 0.4) is 0 Å². The van der Waals surface area contributed by atoms with Crippen LogP contribution in [0.25, 0.3) is 0 Å². The van der Waals surface area contributed by atoms with Crippen molar-refractivity contribution in [2.24, 2.45) is 5.92 Å². The average molecular weight is 336 g/mol. The van der Waals surface area contributed by atoms with Crippen LogP contribution >= 0.6 is 0 Å². The van der Waals surface area contributed by atoms with Gasteiger partial charge in [-0.15, -0.1) is 0 Å². The zero-order valence-corrected chi connectivity index (χ0v) is 15.4. The summed E-state index contributed by atoms with van der Waals surface area (Å²) in [7, 11) is 2.12. The molecule has 0 fully saturated rings. The van der Waals surface area contributed by atoms with Crippen LogP contribution < -0.4 is 4.74 Å². The third-order valence-electron chi connectivity index (χ3n) is 4.99. The van der Waals surface area contributed by atoms with Gasteiger partial charge in [0.2, 0.25) is 0 Å². The molecule has 2 heterocycles. The minimum Gasteiger partial charge on any atom is -0.494 e. The van der Waals surface area contributed by atoms with E-state index < -0.39 is 0 Å². The van der Waals surface area contributed by atoms with Crippen LogP contribution in [0.2, 0.25) is 0 Å². The highest BCUT2D eigenvalue weighted by Crippen LogP contribution is 2.29. The number of benzene rings is 1. The standard InChI is InChI=1S/C22H28N2O/c1-17-14-19-10-11-22(15-20(19)16-24(3)18(17)2)25-13-7-5-9-21-8-4-6-12-23-21/h4,6,8,10-12,15,17H,2,5,7,9,13-14,16H2,1,3H3/t17-/m1/s1. The van der Waals surface area contributed by atoms with Crippen molar-refractivity contribution < 1.29 is 4.74 Å². The maximum Gasteiger partial charge on any atom is 0.119 e. The summed E-state index contributed by atoms with van der Waals surface area (Å²) in [6.07, 6.45) is 6.07. The molecule has 0 aliphatic carbocycles. The molecule has 1 aliphatic rings. The van der Waals surface area contributed by atoms with Gasteiger partial charge < -0.3 is 9.64 Å². The number of hydrogen-bond donors (Lipinski definition) is 0. The zero-order valence-electron chi connectivity index (χ0n) is 15.4. The summed E-state index contributed by atoms with van der Waals surface area (Å²) in [5.41, 5.74) is 5.15. The first-order valence-corrected chi connectivity index (χ1v) is 9.18. The van der Waals surface area contributed by atoms with E-state index in [1.807, 2.05) is 18.3 Å². The van der Waals surface area contributed by atoms with Crippen molar-refractivity contribution in [3.63, 3.8) is 0 Å². The Morgan fingerprint density at radius 1 is 1.20 bits per heavy atom. The van der Waals surface area contributed by atoms with Gasteiger partial charge in [-0.3, -0.25) is 4.98 Å². The second-order valence-electron chi connectivity index (χ2n) is 7.01. The number of nitrogens with zero attached hydrogens (tertiary/aromatic N) is 2. The summed E-state index contributed by atoms with van der Waals surface area (Å²) in [5, 5.41) is 0. The molecule has 3 rings (SSSR count). The van der Waals surface area contributed by atoms with Gasteiger partial charge in [0.25, 0.3) is 0 Å². The van der Waals surface area contributed by atoms with Crippen molar-refractivity contribution >= 4 is 0 Å². The SMILES string of the molecule is C=C1[C@H](C)Cc2ccc(OCCCCc3ccccn3)cc2CN1C. The maximum absolute atomic E-state index is 5.98. The summed E-state index contributed by atoms with van der Waals surface area (Å²) in [6, 6.07) is 12.6. The molecule has 3 heteroatoms.